The van der Waals surface area contributed by atoms with Crippen LogP contribution in [0.2, 0.25) is 5.02 Å². The quantitative estimate of drug-likeness (QED) is 0.741. The average Bonchev–Trinajstić information content (AvgIpc) is 2.44. The number of carbonyl (C=O) groups is 1. The third-order valence-corrected chi connectivity index (χ3v) is 2.65. The van der Waals surface area contributed by atoms with Crippen LogP contribution in [0, 0.1) is 12.7 Å². The molecule has 1 aromatic carbocycles. The summed E-state index contributed by atoms with van der Waals surface area (Å²) in [6.07, 6.45) is 0. The highest BCUT2D eigenvalue weighted by Crippen LogP contribution is 2.27. The molecular formula is C11H9ClFNO. The number of hydrogen-bond acceptors (Lipinski definition) is 1. The van der Waals surface area contributed by atoms with Crippen molar-refractivity contribution in [1.82, 2.24) is 4.98 Å². The number of hydrogen-bond donors (Lipinski definition) is 1. The first-order chi connectivity index (χ1) is 7.00. The van der Waals surface area contributed by atoms with Crippen molar-refractivity contribution in [3.8, 4) is 0 Å². The van der Waals surface area contributed by atoms with E-state index in [4.69, 9.17) is 11.6 Å². The van der Waals surface area contributed by atoms with Crippen LogP contribution in [-0.4, -0.2) is 10.8 Å². The monoisotopic (exact) mass is 225 g/mol. The minimum Gasteiger partial charge on any atom is -0.350 e. The molecule has 1 heterocycles. The van der Waals surface area contributed by atoms with Crippen LogP contribution in [0.5, 0.6) is 0 Å². The van der Waals surface area contributed by atoms with E-state index in [1.165, 1.54) is 13.0 Å². The smallest absolute Gasteiger partial charge is 0.176 e. The van der Waals surface area contributed by atoms with Crippen LogP contribution in [0.15, 0.2) is 12.1 Å². The number of ketones is 1. The molecule has 2 nitrogen and oxygen atoms in total. The molecule has 0 atom stereocenters. The molecule has 0 radical (unpaired) electrons. The summed E-state index contributed by atoms with van der Waals surface area (Å²) in [5.41, 5.74) is 1.51. The first-order valence-corrected chi connectivity index (χ1v) is 4.86. The van der Waals surface area contributed by atoms with Gasteiger partial charge in [0.25, 0.3) is 0 Å². The lowest BCUT2D eigenvalue weighted by Crippen LogP contribution is -1.93. The maximum absolute atomic E-state index is 13.5. The van der Waals surface area contributed by atoms with Crippen LogP contribution in [0.3, 0.4) is 0 Å². The lowest BCUT2D eigenvalue weighted by atomic mass is 10.1. The first kappa shape index (κ1) is 10.2. The van der Waals surface area contributed by atoms with Gasteiger partial charge in [-0.2, -0.15) is 0 Å². The molecule has 0 unspecified atom stereocenters. The van der Waals surface area contributed by atoms with Gasteiger partial charge in [0.15, 0.2) is 5.78 Å². The van der Waals surface area contributed by atoms with E-state index in [-0.39, 0.29) is 5.78 Å². The van der Waals surface area contributed by atoms with Gasteiger partial charge in [0.1, 0.15) is 5.82 Å². The van der Waals surface area contributed by atoms with Crippen molar-refractivity contribution in [3.63, 3.8) is 0 Å². The highest BCUT2D eigenvalue weighted by atomic mass is 35.5. The Morgan fingerprint density at radius 1 is 1.47 bits per heavy atom. The molecule has 0 aliphatic rings. The van der Waals surface area contributed by atoms with Gasteiger partial charge < -0.3 is 4.98 Å². The Morgan fingerprint density at radius 2 is 2.13 bits per heavy atom. The second-order valence-electron chi connectivity index (χ2n) is 3.49. The fourth-order valence-corrected chi connectivity index (χ4v) is 1.91. The molecule has 2 aromatic rings. The normalized spacial score (nSPS) is 10.9. The second-order valence-corrected chi connectivity index (χ2v) is 3.93. The Hall–Kier alpha value is -1.35. The zero-order chi connectivity index (χ0) is 11.2. The Kier molecular flexibility index (Phi) is 2.27. The fraction of sp³-hybridized carbons (Fsp3) is 0.182. The number of aromatic nitrogens is 1. The number of H-pyrrole nitrogens is 1. The van der Waals surface area contributed by atoms with E-state index in [0.29, 0.717) is 21.6 Å². The van der Waals surface area contributed by atoms with Crippen molar-refractivity contribution < 1.29 is 9.18 Å². The largest absolute Gasteiger partial charge is 0.350 e. The lowest BCUT2D eigenvalue weighted by molar-refractivity contribution is 0.101. The highest BCUT2D eigenvalue weighted by Gasteiger charge is 2.14. The van der Waals surface area contributed by atoms with Crippen LogP contribution in [0.1, 0.15) is 23.0 Å². The van der Waals surface area contributed by atoms with Crippen molar-refractivity contribution in [2.45, 2.75) is 13.8 Å². The van der Waals surface area contributed by atoms with Gasteiger partial charge in [0, 0.05) is 17.3 Å². The van der Waals surface area contributed by atoms with Crippen LogP contribution in [0.4, 0.5) is 4.39 Å². The average molecular weight is 226 g/mol. The minimum atomic E-state index is -0.437. The first-order valence-electron chi connectivity index (χ1n) is 4.49. The Balaban J connectivity index is 2.88. The maximum Gasteiger partial charge on any atom is 0.176 e. The van der Waals surface area contributed by atoms with Crippen molar-refractivity contribution in [2.75, 3.05) is 0 Å². The molecule has 0 bridgehead atoms. The molecule has 4 heteroatoms. The van der Waals surface area contributed by atoms with Crippen LogP contribution >= 0.6 is 11.6 Å². The van der Waals surface area contributed by atoms with E-state index in [2.05, 4.69) is 4.98 Å². The van der Waals surface area contributed by atoms with E-state index >= 15 is 0 Å². The van der Waals surface area contributed by atoms with Gasteiger partial charge in [0.05, 0.1) is 11.2 Å². The van der Waals surface area contributed by atoms with Gasteiger partial charge in [-0.3, -0.25) is 4.79 Å². The van der Waals surface area contributed by atoms with E-state index in [9.17, 15) is 9.18 Å². The number of carbonyl (C=O) groups excluding carboxylic acids is 1. The van der Waals surface area contributed by atoms with Gasteiger partial charge in [-0.1, -0.05) is 11.6 Å². The topological polar surface area (TPSA) is 32.9 Å². The molecular weight excluding hydrogens is 217 g/mol. The molecule has 0 saturated carbocycles. The van der Waals surface area contributed by atoms with E-state index < -0.39 is 5.82 Å². The molecule has 0 fully saturated rings. The van der Waals surface area contributed by atoms with E-state index in [1.54, 1.807) is 13.0 Å². The summed E-state index contributed by atoms with van der Waals surface area (Å²) in [5, 5.41) is 0.988. The second kappa shape index (κ2) is 3.35. The highest BCUT2D eigenvalue weighted by molar-refractivity contribution is 6.31. The van der Waals surface area contributed by atoms with E-state index in [0.717, 1.165) is 5.56 Å². The van der Waals surface area contributed by atoms with Gasteiger partial charge in [-0.25, -0.2) is 4.39 Å². The predicted molar refractivity (Wildman–Crippen MR) is 58.0 cm³/mol. The van der Waals surface area contributed by atoms with Crippen LogP contribution in [0.25, 0.3) is 10.9 Å². The summed E-state index contributed by atoms with van der Waals surface area (Å²) in [6.45, 7) is 3.21. The minimum absolute atomic E-state index is 0.112. The predicted octanol–water partition coefficient (Wildman–Crippen LogP) is 3.47. The SMILES string of the molecule is CC(=O)c1[nH]c2c(F)cc(Cl)cc2c1C. The number of Topliss-reactive ketones (excluding diaryl/α,β-unsaturated/α-hetero) is 1. The molecule has 0 aliphatic heterocycles. The van der Waals surface area contributed by atoms with Gasteiger partial charge >= 0.3 is 0 Å². The molecule has 0 saturated heterocycles. The van der Waals surface area contributed by atoms with E-state index in [1.807, 2.05) is 0 Å². The van der Waals surface area contributed by atoms with Gasteiger partial charge in [-0.05, 0) is 24.6 Å². The summed E-state index contributed by atoms with van der Waals surface area (Å²) in [4.78, 5) is 14.0. The Labute approximate surface area is 91.0 Å². The number of aryl methyl sites for hydroxylation is 1. The Bertz CT molecular complexity index is 559. The number of halogens is 2. The number of rotatable bonds is 1. The van der Waals surface area contributed by atoms with Crippen molar-refractivity contribution in [1.29, 1.82) is 0 Å². The zero-order valence-electron chi connectivity index (χ0n) is 8.32. The van der Waals surface area contributed by atoms with Crippen LogP contribution in [-0.2, 0) is 0 Å². The molecule has 2 rings (SSSR count). The third kappa shape index (κ3) is 1.53. The molecule has 1 N–H and O–H groups in total. The number of benzene rings is 1. The summed E-state index contributed by atoms with van der Waals surface area (Å²) >= 11 is 5.75. The summed E-state index contributed by atoms with van der Waals surface area (Å²) < 4.78 is 13.5. The van der Waals surface area contributed by atoms with Gasteiger partial charge in [0.2, 0.25) is 0 Å². The van der Waals surface area contributed by atoms with Crippen molar-refractivity contribution >= 4 is 28.3 Å². The molecule has 1 aromatic heterocycles. The number of nitrogens with one attached hydrogen (secondary N) is 1. The third-order valence-electron chi connectivity index (χ3n) is 2.44. The molecule has 0 spiro atoms. The molecule has 78 valence electrons. The number of fused-ring (bicyclic) bond motifs is 1. The van der Waals surface area contributed by atoms with Crippen molar-refractivity contribution in [2.24, 2.45) is 0 Å². The Morgan fingerprint density at radius 3 is 2.73 bits per heavy atom. The number of aromatic amines is 1. The summed E-state index contributed by atoms with van der Waals surface area (Å²) in [5.74, 6) is -0.549. The van der Waals surface area contributed by atoms with Crippen molar-refractivity contribution in [3.05, 3.63) is 34.2 Å². The molecule has 0 aliphatic carbocycles. The summed E-state index contributed by atoms with van der Waals surface area (Å²) in [6, 6.07) is 2.88. The summed E-state index contributed by atoms with van der Waals surface area (Å²) in [7, 11) is 0. The lowest BCUT2D eigenvalue weighted by Gasteiger charge is -1.94. The van der Waals surface area contributed by atoms with Gasteiger partial charge in [-0.15, -0.1) is 0 Å². The van der Waals surface area contributed by atoms with Crippen LogP contribution < -0.4 is 0 Å². The standard InChI is InChI=1S/C11H9ClFNO/c1-5-8-3-7(12)4-9(13)11(8)14-10(5)6(2)15/h3-4,14H,1-2H3. The maximum atomic E-state index is 13.5. The zero-order valence-corrected chi connectivity index (χ0v) is 9.07. The molecule has 15 heavy (non-hydrogen) atoms. The molecule has 0 amide bonds. The fourth-order valence-electron chi connectivity index (χ4n) is 1.70.